The van der Waals surface area contributed by atoms with Crippen molar-refractivity contribution in [2.24, 2.45) is 0 Å². The zero-order valence-electron chi connectivity index (χ0n) is 19.6. The van der Waals surface area contributed by atoms with E-state index in [0.29, 0.717) is 11.3 Å². The zero-order valence-corrected chi connectivity index (χ0v) is 21.9. The number of halogens is 2. The Balaban J connectivity index is 1.29. The average Bonchev–Trinajstić information content (AvgIpc) is 3.31. The Morgan fingerprint density at radius 1 is 1.25 bits per heavy atom. The van der Waals surface area contributed by atoms with Gasteiger partial charge in [-0.15, -0.1) is 11.6 Å². The van der Waals surface area contributed by atoms with Gasteiger partial charge in [-0.25, -0.2) is 9.50 Å². The van der Waals surface area contributed by atoms with Crippen molar-refractivity contribution < 1.29 is 4.79 Å². The monoisotopic (exact) mass is 563 g/mol. The lowest BCUT2D eigenvalue weighted by molar-refractivity contribution is 0.0885. The van der Waals surface area contributed by atoms with Crippen molar-refractivity contribution in [3.8, 4) is 17.2 Å². The van der Waals surface area contributed by atoms with Crippen molar-refractivity contribution in [1.82, 2.24) is 24.9 Å². The number of carbonyl (C=O) groups is 1. The maximum Gasteiger partial charge on any atom is 0.270 e. The highest BCUT2D eigenvalue weighted by atomic mass is 79.9. The van der Waals surface area contributed by atoms with Crippen LogP contribution in [0.4, 0.5) is 5.82 Å². The minimum Gasteiger partial charge on any atom is -0.356 e. The summed E-state index contributed by atoms with van der Waals surface area (Å²) in [5.74, 6) is 0.926. The fourth-order valence-electron chi connectivity index (χ4n) is 4.56. The van der Waals surface area contributed by atoms with Crippen LogP contribution < -0.4 is 10.2 Å². The molecule has 8 nitrogen and oxygen atoms in total. The first kappa shape index (κ1) is 24.2. The first-order chi connectivity index (χ1) is 17.4. The molecule has 182 valence electrons. The molecule has 5 heterocycles. The summed E-state index contributed by atoms with van der Waals surface area (Å²) in [5, 5.41) is 17.0. The summed E-state index contributed by atoms with van der Waals surface area (Å²) in [7, 11) is 0. The van der Waals surface area contributed by atoms with Crippen molar-refractivity contribution >= 4 is 44.8 Å². The molecule has 0 saturated carbocycles. The Kier molecular flexibility index (Phi) is 6.65. The van der Waals surface area contributed by atoms with Crippen molar-refractivity contribution in [2.45, 2.75) is 31.2 Å². The fraction of sp³-hybridized carbons (Fsp3) is 0.269. The van der Waals surface area contributed by atoms with Crippen LogP contribution in [0.25, 0.3) is 16.6 Å². The summed E-state index contributed by atoms with van der Waals surface area (Å²) in [4.78, 5) is 24.0. The van der Waals surface area contributed by atoms with E-state index in [1.165, 1.54) is 0 Å². The number of fused-ring (bicyclic) bond motifs is 1. The number of rotatable bonds is 5. The molecule has 4 aromatic heterocycles. The predicted molar refractivity (Wildman–Crippen MR) is 142 cm³/mol. The van der Waals surface area contributed by atoms with Crippen LogP contribution in [0.15, 0.2) is 59.6 Å². The van der Waals surface area contributed by atoms with E-state index in [9.17, 15) is 10.1 Å². The van der Waals surface area contributed by atoms with Crippen LogP contribution >= 0.6 is 27.5 Å². The summed E-state index contributed by atoms with van der Waals surface area (Å²) in [6.07, 6.45) is 8.39. The van der Waals surface area contributed by atoms with Gasteiger partial charge in [0, 0.05) is 58.7 Å². The van der Waals surface area contributed by atoms with E-state index >= 15 is 0 Å². The number of hydrogen-bond acceptors (Lipinski definition) is 6. The third-order valence-corrected chi connectivity index (χ3v) is 7.34. The molecular weight excluding hydrogens is 542 g/mol. The summed E-state index contributed by atoms with van der Waals surface area (Å²) < 4.78 is 2.56. The first-order valence-electron chi connectivity index (χ1n) is 11.5. The van der Waals surface area contributed by atoms with E-state index in [-0.39, 0.29) is 17.3 Å². The van der Waals surface area contributed by atoms with Crippen LogP contribution in [-0.2, 0) is 5.88 Å². The third kappa shape index (κ3) is 4.66. The largest absolute Gasteiger partial charge is 0.356 e. The lowest BCUT2D eigenvalue weighted by Crippen LogP contribution is -2.53. The molecule has 0 radical (unpaired) electrons. The van der Waals surface area contributed by atoms with Crippen LogP contribution in [-0.4, -0.2) is 44.1 Å². The van der Waals surface area contributed by atoms with Gasteiger partial charge < -0.3 is 10.2 Å². The Hall–Kier alpha value is -3.48. The first-order valence-corrected chi connectivity index (χ1v) is 12.8. The number of piperidine rings is 1. The minimum atomic E-state index is -0.341. The summed E-state index contributed by atoms with van der Waals surface area (Å²) in [6.45, 7) is 3.59. The van der Waals surface area contributed by atoms with Crippen molar-refractivity contribution in [2.75, 3.05) is 18.0 Å². The topological polar surface area (TPSA) is 99.2 Å². The second kappa shape index (κ2) is 9.88. The highest BCUT2D eigenvalue weighted by Crippen LogP contribution is 2.31. The Bertz CT molecular complexity index is 1470. The Morgan fingerprint density at radius 3 is 2.75 bits per heavy atom. The van der Waals surface area contributed by atoms with Gasteiger partial charge in [-0.05, 0) is 65.5 Å². The number of nitrogens with one attached hydrogen (secondary N) is 1. The van der Waals surface area contributed by atoms with Crippen molar-refractivity contribution in [3.05, 3.63) is 76.4 Å². The van der Waals surface area contributed by atoms with Gasteiger partial charge in [-0.1, -0.05) is 6.07 Å². The number of alkyl halides is 1. The van der Waals surface area contributed by atoms with Gasteiger partial charge >= 0.3 is 0 Å². The molecule has 0 unspecified atom stereocenters. The third-order valence-electron chi connectivity index (χ3n) is 6.61. The number of nitriles is 1. The number of hydrogen-bond donors (Lipinski definition) is 1. The lowest BCUT2D eigenvalue weighted by atomic mass is 9.89. The van der Waals surface area contributed by atoms with Crippen molar-refractivity contribution in [3.63, 3.8) is 0 Å². The van der Waals surface area contributed by atoms with Gasteiger partial charge in [-0.2, -0.15) is 10.4 Å². The molecule has 1 N–H and O–H groups in total. The molecule has 0 atom stereocenters. The average molecular weight is 565 g/mol. The molecule has 0 aromatic carbocycles. The van der Waals surface area contributed by atoms with Gasteiger partial charge in [-0.3, -0.25) is 9.78 Å². The molecule has 4 aromatic rings. The van der Waals surface area contributed by atoms with Crippen LogP contribution in [0.3, 0.4) is 0 Å². The molecule has 1 aliphatic heterocycles. The number of nitrogens with zero attached hydrogens (tertiary/aromatic N) is 6. The van der Waals surface area contributed by atoms with E-state index in [4.69, 9.17) is 16.6 Å². The van der Waals surface area contributed by atoms with Crippen LogP contribution in [0, 0.1) is 11.3 Å². The van der Waals surface area contributed by atoms with Gasteiger partial charge in [0.25, 0.3) is 5.91 Å². The second-order valence-electron chi connectivity index (χ2n) is 9.09. The molecule has 1 saturated heterocycles. The summed E-state index contributed by atoms with van der Waals surface area (Å²) >= 11 is 9.51. The number of aromatic nitrogens is 4. The number of pyridine rings is 3. The maximum atomic E-state index is 12.9. The van der Waals surface area contributed by atoms with Crippen molar-refractivity contribution in [1.29, 1.82) is 5.26 Å². The molecule has 0 spiro atoms. The smallest absolute Gasteiger partial charge is 0.270 e. The number of anilines is 1. The maximum absolute atomic E-state index is 12.9. The van der Waals surface area contributed by atoms with Crippen LogP contribution in [0.2, 0.25) is 0 Å². The predicted octanol–water partition coefficient (Wildman–Crippen LogP) is 4.95. The Labute approximate surface area is 222 Å². The van der Waals surface area contributed by atoms with Gasteiger partial charge in [0.15, 0.2) is 0 Å². The minimum absolute atomic E-state index is 0.193. The van der Waals surface area contributed by atoms with Gasteiger partial charge in [0.05, 0.1) is 17.3 Å². The zero-order chi connectivity index (χ0) is 25.3. The standard InChI is InChI=1S/C26H23BrClN7O/c1-26(33-25(36)23-17(12-28)3-2-8-30-23)6-9-34(10-7-26)22-5-4-18(14-31-22)21-11-20(27)16-35-24(21)19(13-29)15-32-35/h2-5,8,11,14-16H,6-7,9-10,12H2,1H3,(H,33,36). The summed E-state index contributed by atoms with van der Waals surface area (Å²) in [5.41, 5.74) is 3.83. The number of carbonyl (C=O) groups excluding carboxylic acids is 1. The Morgan fingerprint density at radius 2 is 2.06 bits per heavy atom. The van der Waals surface area contributed by atoms with E-state index in [1.807, 2.05) is 36.7 Å². The molecule has 0 aliphatic carbocycles. The van der Waals surface area contributed by atoms with Crippen LogP contribution in [0.1, 0.15) is 41.4 Å². The molecule has 1 aliphatic rings. The fourth-order valence-corrected chi connectivity index (χ4v) is 5.20. The van der Waals surface area contributed by atoms with Gasteiger partial charge in [0.1, 0.15) is 17.6 Å². The number of amides is 1. The lowest BCUT2D eigenvalue weighted by Gasteiger charge is -2.40. The highest BCUT2D eigenvalue weighted by Gasteiger charge is 2.33. The molecule has 1 amide bonds. The SMILES string of the molecule is CC1(NC(=O)c2ncccc2CCl)CCN(c2ccc(-c3cc(Br)cn4ncc(C#N)c34)cn2)CC1. The van der Waals surface area contributed by atoms with Gasteiger partial charge in [0.2, 0.25) is 0 Å². The summed E-state index contributed by atoms with van der Waals surface area (Å²) in [6, 6.07) is 11.8. The molecule has 36 heavy (non-hydrogen) atoms. The molecule has 1 fully saturated rings. The van der Waals surface area contributed by atoms with Crippen LogP contribution in [0.5, 0.6) is 0 Å². The highest BCUT2D eigenvalue weighted by molar-refractivity contribution is 9.10. The second-order valence-corrected chi connectivity index (χ2v) is 10.3. The molecule has 0 bridgehead atoms. The van der Waals surface area contributed by atoms with E-state index in [1.54, 1.807) is 23.0 Å². The normalized spacial score (nSPS) is 15.0. The molecule has 5 rings (SSSR count). The molecular formula is C26H23BrClN7O. The van der Waals surface area contributed by atoms with E-state index in [0.717, 1.165) is 58.4 Å². The quantitative estimate of drug-likeness (QED) is 0.344. The van der Waals surface area contributed by atoms with E-state index < -0.39 is 0 Å². The van der Waals surface area contributed by atoms with E-state index in [2.05, 4.69) is 49.2 Å². The molecule has 10 heteroatoms.